The van der Waals surface area contributed by atoms with Gasteiger partial charge in [0.05, 0.1) is 5.69 Å². The second-order valence-electron chi connectivity index (χ2n) is 5.96. The first-order valence-corrected chi connectivity index (χ1v) is 9.25. The number of hydrogen-bond donors (Lipinski definition) is 1. The van der Waals surface area contributed by atoms with Crippen molar-refractivity contribution in [2.45, 2.75) is 6.92 Å². The Hall–Kier alpha value is -2.47. The third-order valence-electron chi connectivity index (χ3n) is 3.45. The van der Waals surface area contributed by atoms with Gasteiger partial charge in [0.1, 0.15) is 18.2 Å². The summed E-state index contributed by atoms with van der Waals surface area (Å²) in [6.07, 6.45) is -0.572. The summed E-state index contributed by atoms with van der Waals surface area (Å²) in [5, 5.41) is 3.34. The summed E-state index contributed by atoms with van der Waals surface area (Å²) in [7, 11) is 9.15. The maximum Gasteiger partial charge on any atom is 0.412 e. The molecular weight excluding hydrogens is 390 g/mol. The topological polar surface area (TPSA) is 97.6 Å². The zero-order chi connectivity index (χ0) is 20.1. The van der Waals surface area contributed by atoms with Crippen molar-refractivity contribution < 1.29 is 14.3 Å². The molecule has 148 valence electrons. The monoisotopic (exact) mass is 413 g/mol. The highest BCUT2D eigenvalue weighted by molar-refractivity contribution is 7.73. The molecule has 0 saturated carbocycles. The second kappa shape index (κ2) is 8.95. The van der Waals surface area contributed by atoms with Crippen molar-refractivity contribution in [1.29, 1.82) is 0 Å². The first kappa shape index (κ1) is 20.8. The van der Waals surface area contributed by atoms with Gasteiger partial charge in [-0.05, 0) is 19.1 Å². The minimum Gasteiger partial charge on any atom is -0.460 e. The maximum atomic E-state index is 11.9. The number of carbonyl (C=O) groups excluding carboxylic acids is 1. The van der Waals surface area contributed by atoms with Crippen molar-refractivity contribution in [1.82, 2.24) is 19.5 Å². The highest BCUT2D eigenvalue weighted by Gasteiger charge is 2.12. The number of nitrogens with zero attached hydrogens (tertiary/aromatic N) is 6. The van der Waals surface area contributed by atoms with Gasteiger partial charge < -0.3 is 23.8 Å². The molecule has 2 heterocycles. The lowest BCUT2D eigenvalue weighted by atomic mass is 10.5. The third kappa shape index (κ3) is 5.50. The molecular formula is C15H23N7O3S2. The van der Waals surface area contributed by atoms with Crippen molar-refractivity contribution in [2.24, 2.45) is 7.05 Å². The number of thiazole rings is 1. The molecule has 0 radical (unpaired) electrons. The highest BCUT2D eigenvalue weighted by Crippen LogP contribution is 2.23. The molecule has 10 nitrogen and oxygen atoms in total. The van der Waals surface area contributed by atoms with Crippen LogP contribution < -0.4 is 19.9 Å². The van der Waals surface area contributed by atoms with Crippen LogP contribution in [0.5, 0.6) is 6.01 Å². The fraction of sp³-hybridized carbons (Fsp3) is 0.533. The van der Waals surface area contributed by atoms with E-state index < -0.39 is 6.09 Å². The van der Waals surface area contributed by atoms with Gasteiger partial charge >= 0.3 is 12.1 Å². The first-order valence-electron chi connectivity index (χ1n) is 8.02. The molecule has 0 unspecified atom stereocenters. The van der Waals surface area contributed by atoms with E-state index in [1.807, 2.05) is 46.7 Å². The van der Waals surface area contributed by atoms with E-state index in [2.05, 4.69) is 20.3 Å². The third-order valence-corrected chi connectivity index (χ3v) is 5.02. The standard InChI is InChI=1S/C15H23N7O3S2/c1-9-10(27-15(26)22(9)6)16-14(23)25-8-7-24-13-18-11(20(2)3)17-12(19-13)21(4)5/h7-8H2,1-6H3,(H,16,23). The summed E-state index contributed by atoms with van der Waals surface area (Å²) in [6, 6.07) is 0.165. The van der Waals surface area contributed by atoms with Crippen molar-refractivity contribution in [2.75, 3.05) is 56.5 Å². The molecule has 1 amide bonds. The summed E-state index contributed by atoms with van der Waals surface area (Å²) in [6.45, 7) is 2.03. The molecule has 2 rings (SSSR count). The van der Waals surface area contributed by atoms with Gasteiger partial charge in [-0.3, -0.25) is 5.32 Å². The zero-order valence-corrected chi connectivity index (χ0v) is 17.8. The van der Waals surface area contributed by atoms with Gasteiger partial charge in [0.15, 0.2) is 3.95 Å². The quantitative estimate of drug-likeness (QED) is 0.540. The normalized spacial score (nSPS) is 10.4. The van der Waals surface area contributed by atoms with E-state index in [9.17, 15) is 4.79 Å². The molecule has 0 atom stereocenters. The lowest BCUT2D eigenvalue weighted by molar-refractivity contribution is 0.134. The Morgan fingerprint density at radius 3 is 2.22 bits per heavy atom. The number of carbonyl (C=O) groups is 1. The zero-order valence-electron chi connectivity index (χ0n) is 16.1. The van der Waals surface area contributed by atoms with Crippen LogP contribution >= 0.6 is 23.6 Å². The van der Waals surface area contributed by atoms with Gasteiger partial charge in [0, 0.05) is 35.2 Å². The lowest BCUT2D eigenvalue weighted by Gasteiger charge is -2.16. The summed E-state index contributed by atoms with van der Waals surface area (Å²) in [4.78, 5) is 28.1. The maximum absolute atomic E-state index is 11.9. The SMILES string of the molecule is Cc1c(NC(=O)OCCOc2nc(N(C)C)nc(N(C)C)n2)sc(=S)n1C. The van der Waals surface area contributed by atoms with Crippen molar-refractivity contribution in [3.63, 3.8) is 0 Å². The molecule has 27 heavy (non-hydrogen) atoms. The number of hydrogen-bond acceptors (Lipinski definition) is 10. The smallest absolute Gasteiger partial charge is 0.412 e. The predicted molar refractivity (Wildman–Crippen MR) is 108 cm³/mol. The molecule has 2 aromatic heterocycles. The number of anilines is 3. The van der Waals surface area contributed by atoms with Crippen molar-refractivity contribution >= 4 is 46.5 Å². The predicted octanol–water partition coefficient (Wildman–Crippen LogP) is 2.07. The summed E-state index contributed by atoms with van der Waals surface area (Å²) in [5.41, 5.74) is 0.871. The Kier molecular flexibility index (Phi) is 6.91. The Balaban J connectivity index is 1.88. The molecule has 0 aliphatic heterocycles. The van der Waals surface area contributed by atoms with Gasteiger partial charge in [-0.1, -0.05) is 11.3 Å². The Morgan fingerprint density at radius 1 is 1.15 bits per heavy atom. The van der Waals surface area contributed by atoms with E-state index in [0.717, 1.165) is 5.69 Å². The van der Waals surface area contributed by atoms with Crippen molar-refractivity contribution in [3.8, 4) is 6.01 Å². The molecule has 0 aliphatic rings. The van der Waals surface area contributed by atoms with E-state index >= 15 is 0 Å². The fourth-order valence-electron chi connectivity index (χ4n) is 1.83. The largest absolute Gasteiger partial charge is 0.460 e. The van der Waals surface area contributed by atoms with E-state index in [0.29, 0.717) is 20.9 Å². The molecule has 0 bridgehead atoms. The van der Waals surface area contributed by atoms with Crippen molar-refractivity contribution in [3.05, 3.63) is 9.65 Å². The molecule has 12 heteroatoms. The molecule has 0 saturated heterocycles. The number of rotatable bonds is 7. The van der Waals surface area contributed by atoms with E-state index in [1.54, 1.807) is 9.80 Å². The van der Waals surface area contributed by atoms with Crippen LogP contribution in [0.15, 0.2) is 0 Å². The Bertz CT molecular complexity index is 837. The van der Waals surface area contributed by atoms with Gasteiger partial charge in [-0.25, -0.2) is 4.79 Å². The van der Waals surface area contributed by atoms with Gasteiger partial charge in [-0.15, -0.1) is 0 Å². The first-order chi connectivity index (χ1) is 12.7. The van der Waals surface area contributed by atoms with Crippen LogP contribution in [0.3, 0.4) is 0 Å². The molecule has 0 aliphatic carbocycles. The fourth-order valence-corrected chi connectivity index (χ4v) is 3.09. The highest BCUT2D eigenvalue weighted by atomic mass is 32.1. The minimum absolute atomic E-state index is 0.0450. The van der Waals surface area contributed by atoms with Gasteiger partial charge in [0.2, 0.25) is 11.9 Å². The van der Waals surface area contributed by atoms with Gasteiger partial charge in [-0.2, -0.15) is 15.0 Å². The van der Waals surface area contributed by atoms with Crippen LogP contribution in [-0.4, -0.2) is 67.0 Å². The van der Waals surface area contributed by atoms with Crippen LogP contribution in [0.1, 0.15) is 5.69 Å². The van der Waals surface area contributed by atoms with Crippen LogP contribution in [-0.2, 0) is 11.8 Å². The Morgan fingerprint density at radius 2 is 1.74 bits per heavy atom. The van der Waals surface area contributed by atoms with Gasteiger partial charge in [0.25, 0.3) is 0 Å². The average molecular weight is 414 g/mol. The average Bonchev–Trinajstić information content (AvgIpc) is 2.85. The molecule has 0 aromatic carbocycles. The van der Waals surface area contributed by atoms with Crippen LogP contribution in [0.2, 0.25) is 0 Å². The van der Waals surface area contributed by atoms with Crippen LogP contribution in [0.4, 0.5) is 21.7 Å². The van der Waals surface area contributed by atoms with E-state index in [-0.39, 0.29) is 19.2 Å². The summed E-state index contributed by atoms with van der Waals surface area (Å²) in [5.74, 6) is 0.950. The summed E-state index contributed by atoms with van der Waals surface area (Å²) < 4.78 is 13.1. The minimum atomic E-state index is -0.572. The van der Waals surface area contributed by atoms with Crippen LogP contribution in [0.25, 0.3) is 0 Å². The van der Waals surface area contributed by atoms with Crippen LogP contribution in [0, 0.1) is 10.9 Å². The Labute approximate surface area is 166 Å². The lowest BCUT2D eigenvalue weighted by Crippen LogP contribution is -2.21. The molecule has 0 spiro atoms. The summed E-state index contributed by atoms with van der Waals surface area (Å²) >= 11 is 6.49. The number of nitrogens with one attached hydrogen (secondary N) is 1. The molecule has 2 aromatic rings. The molecule has 0 fully saturated rings. The number of aromatic nitrogens is 4. The number of ether oxygens (including phenoxy) is 2. The second-order valence-corrected chi connectivity index (χ2v) is 7.60. The van der Waals surface area contributed by atoms with E-state index in [1.165, 1.54) is 11.3 Å². The molecule has 1 N–H and O–H groups in total. The number of amides is 1. The van der Waals surface area contributed by atoms with E-state index in [4.69, 9.17) is 21.7 Å².